The van der Waals surface area contributed by atoms with Crippen LogP contribution >= 0.6 is 0 Å². The minimum atomic E-state index is -0.647. The molecule has 0 aromatic heterocycles. The molecular weight excluding hydrogens is 348 g/mol. The molecule has 3 rings (SSSR count). The van der Waals surface area contributed by atoms with E-state index in [1.807, 2.05) is 0 Å². The Hall–Kier alpha value is -2.47. The SMILES string of the molecule is Cc1cccc(CN2CCN(C(=O)NC(C)c3ccc(F)cc3F)CC2)c1. The fourth-order valence-corrected chi connectivity index (χ4v) is 3.38. The summed E-state index contributed by atoms with van der Waals surface area (Å²) in [6.07, 6.45) is 0. The first-order valence-corrected chi connectivity index (χ1v) is 9.20. The van der Waals surface area contributed by atoms with Crippen molar-refractivity contribution in [2.75, 3.05) is 26.2 Å². The normalized spacial score (nSPS) is 16.2. The van der Waals surface area contributed by atoms with Crippen LogP contribution in [0.4, 0.5) is 13.6 Å². The molecule has 1 unspecified atom stereocenters. The molecule has 27 heavy (non-hydrogen) atoms. The number of benzene rings is 2. The first-order chi connectivity index (χ1) is 12.9. The van der Waals surface area contributed by atoms with Crippen LogP contribution in [0.15, 0.2) is 42.5 Å². The number of nitrogens with zero attached hydrogens (tertiary/aromatic N) is 2. The molecule has 1 heterocycles. The van der Waals surface area contributed by atoms with Crippen LogP contribution in [0.1, 0.15) is 29.7 Å². The number of aryl methyl sites for hydroxylation is 1. The average molecular weight is 373 g/mol. The molecule has 2 amide bonds. The summed E-state index contributed by atoms with van der Waals surface area (Å²) in [6, 6.07) is 11.1. The van der Waals surface area contributed by atoms with E-state index in [1.165, 1.54) is 23.3 Å². The Labute approximate surface area is 158 Å². The van der Waals surface area contributed by atoms with E-state index < -0.39 is 17.7 Å². The fraction of sp³-hybridized carbons (Fsp3) is 0.381. The molecule has 0 aliphatic carbocycles. The molecule has 1 N–H and O–H groups in total. The highest BCUT2D eigenvalue weighted by Gasteiger charge is 2.23. The second-order valence-electron chi connectivity index (χ2n) is 7.09. The first kappa shape index (κ1) is 19.3. The Balaban J connectivity index is 1.50. The van der Waals surface area contributed by atoms with Crippen LogP contribution in [-0.4, -0.2) is 42.0 Å². The van der Waals surface area contributed by atoms with Crippen molar-refractivity contribution >= 4 is 6.03 Å². The zero-order valence-electron chi connectivity index (χ0n) is 15.7. The Morgan fingerprint density at radius 1 is 1.11 bits per heavy atom. The lowest BCUT2D eigenvalue weighted by molar-refractivity contribution is 0.133. The smallest absolute Gasteiger partial charge is 0.317 e. The lowest BCUT2D eigenvalue weighted by Gasteiger charge is -2.35. The van der Waals surface area contributed by atoms with Gasteiger partial charge in [0.1, 0.15) is 11.6 Å². The van der Waals surface area contributed by atoms with Crippen molar-refractivity contribution in [1.29, 1.82) is 0 Å². The number of carbonyl (C=O) groups excluding carboxylic acids is 1. The van der Waals surface area contributed by atoms with E-state index in [0.29, 0.717) is 13.1 Å². The van der Waals surface area contributed by atoms with Crippen LogP contribution in [0.2, 0.25) is 0 Å². The average Bonchev–Trinajstić information content (AvgIpc) is 2.62. The van der Waals surface area contributed by atoms with Crippen molar-refractivity contribution in [2.45, 2.75) is 26.4 Å². The fourth-order valence-electron chi connectivity index (χ4n) is 3.38. The van der Waals surface area contributed by atoms with Crippen molar-refractivity contribution in [1.82, 2.24) is 15.1 Å². The maximum atomic E-state index is 13.9. The van der Waals surface area contributed by atoms with Crippen LogP contribution in [0, 0.1) is 18.6 Å². The van der Waals surface area contributed by atoms with Gasteiger partial charge >= 0.3 is 6.03 Å². The number of carbonyl (C=O) groups is 1. The van der Waals surface area contributed by atoms with Gasteiger partial charge in [0.05, 0.1) is 6.04 Å². The summed E-state index contributed by atoms with van der Waals surface area (Å²) in [7, 11) is 0. The minimum Gasteiger partial charge on any atom is -0.331 e. The van der Waals surface area contributed by atoms with Gasteiger partial charge in [0, 0.05) is 44.4 Å². The highest BCUT2D eigenvalue weighted by molar-refractivity contribution is 5.74. The molecule has 0 bridgehead atoms. The van der Waals surface area contributed by atoms with Gasteiger partial charge in [-0.1, -0.05) is 35.9 Å². The monoisotopic (exact) mass is 373 g/mol. The van der Waals surface area contributed by atoms with Gasteiger partial charge in [-0.15, -0.1) is 0 Å². The molecule has 4 nitrogen and oxygen atoms in total. The number of halogens is 2. The first-order valence-electron chi connectivity index (χ1n) is 9.20. The molecule has 1 saturated heterocycles. The topological polar surface area (TPSA) is 35.6 Å². The predicted octanol–water partition coefficient (Wildman–Crippen LogP) is 3.86. The van der Waals surface area contributed by atoms with E-state index in [9.17, 15) is 13.6 Å². The maximum absolute atomic E-state index is 13.9. The molecule has 1 atom stereocenters. The van der Waals surface area contributed by atoms with Gasteiger partial charge in [-0.2, -0.15) is 0 Å². The Bertz CT molecular complexity index is 804. The molecule has 1 aliphatic heterocycles. The molecule has 1 aliphatic rings. The highest BCUT2D eigenvalue weighted by Crippen LogP contribution is 2.18. The van der Waals surface area contributed by atoms with Gasteiger partial charge in [-0.25, -0.2) is 13.6 Å². The van der Waals surface area contributed by atoms with Crippen molar-refractivity contribution in [3.8, 4) is 0 Å². The number of nitrogens with one attached hydrogen (secondary N) is 1. The Morgan fingerprint density at radius 3 is 2.52 bits per heavy atom. The summed E-state index contributed by atoms with van der Waals surface area (Å²) in [5, 5.41) is 2.80. The van der Waals surface area contributed by atoms with E-state index in [2.05, 4.69) is 41.4 Å². The summed E-state index contributed by atoms with van der Waals surface area (Å²) < 4.78 is 26.9. The Morgan fingerprint density at radius 2 is 1.85 bits per heavy atom. The molecule has 2 aromatic rings. The number of hydrogen-bond acceptors (Lipinski definition) is 2. The molecule has 6 heteroatoms. The van der Waals surface area contributed by atoms with Crippen molar-refractivity contribution < 1.29 is 13.6 Å². The lowest BCUT2D eigenvalue weighted by Crippen LogP contribution is -2.51. The van der Waals surface area contributed by atoms with Gasteiger partial charge in [0.25, 0.3) is 0 Å². The van der Waals surface area contributed by atoms with Crippen molar-refractivity contribution in [3.05, 3.63) is 70.8 Å². The largest absolute Gasteiger partial charge is 0.331 e. The van der Waals surface area contributed by atoms with Crippen molar-refractivity contribution in [2.24, 2.45) is 0 Å². The predicted molar refractivity (Wildman–Crippen MR) is 101 cm³/mol. The van der Waals surface area contributed by atoms with E-state index in [1.54, 1.807) is 11.8 Å². The van der Waals surface area contributed by atoms with Crippen LogP contribution in [-0.2, 0) is 6.54 Å². The molecule has 0 radical (unpaired) electrons. The van der Waals surface area contributed by atoms with Crippen molar-refractivity contribution in [3.63, 3.8) is 0 Å². The second-order valence-corrected chi connectivity index (χ2v) is 7.09. The number of piperazine rings is 1. The highest BCUT2D eigenvalue weighted by atomic mass is 19.1. The third kappa shape index (κ3) is 5.04. The summed E-state index contributed by atoms with van der Waals surface area (Å²) in [5.41, 5.74) is 2.80. The third-order valence-corrected chi connectivity index (χ3v) is 4.92. The third-order valence-electron chi connectivity index (χ3n) is 4.92. The van der Waals surface area contributed by atoms with Gasteiger partial charge in [-0.3, -0.25) is 4.90 Å². The van der Waals surface area contributed by atoms with Crippen LogP contribution in [0.25, 0.3) is 0 Å². The van der Waals surface area contributed by atoms with Gasteiger partial charge in [0.15, 0.2) is 0 Å². The lowest BCUT2D eigenvalue weighted by atomic mass is 10.1. The summed E-state index contributed by atoms with van der Waals surface area (Å²) in [6.45, 7) is 7.47. The van der Waals surface area contributed by atoms with Gasteiger partial charge in [-0.05, 0) is 25.5 Å². The summed E-state index contributed by atoms with van der Waals surface area (Å²) in [5.74, 6) is -1.27. The number of hydrogen-bond donors (Lipinski definition) is 1. The van der Waals surface area contributed by atoms with Crippen LogP contribution in [0.5, 0.6) is 0 Å². The van der Waals surface area contributed by atoms with Crippen LogP contribution < -0.4 is 5.32 Å². The molecular formula is C21H25F2N3O. The number of amides is 2. The van der Waals surface area contributed by atoms with Gasteiger partial charge in [0.2, 0.25) is 0 Å². The van der Waals surface area contributed by atoms with E-state index >= 15 is 0 Å². The molecule has 144 valence electrons. The minimum absolute atomic E-state index is 0.221. The standard InChI is InChI=1S/C21H25F2N3O/c1-15-4-3-5-17(12-15)14-25-8-10-26(11-9-25)21(27)24-16(2)19-7-6-18(22)13-20(19)23/h3-7,12-13,16H,8-11,14H2,1-2H3,(H,24,27). The van der Waals surface area contributed by atoms with Gasteiger partial charge < -0.3 is 10.2 Å². The van der Waals surface area contributed by atoms with E-state index in [0.717, 1.165) is 25.7 Å². The molecule has 0 saturated carbocycles. The Kier molecular flexibility index (Phi) is 6.06. The zero-order valence-corrected chi connectivity index (χ0v) is 15.7. The van der Waals surface area contributed by atoms with E-state index in [4.69, 9.17) is 0 Å². The molecule has 0 spiro atoms. The quantitative estimate of drug-likeness (QED) is 0.883. The van der Waals surface area contributed by atoms with Crippen LogP contribution in [0.3, 0.4) is 0 Å². The summed E-state index contributed by atoms with van der Waals surface area (Å²) >= 11 is 0. The summed E-state index contributed by atoms with van der Waals surface area (Å²) in [4.78, 5) is 16.5. The number of rotatable bonds is 4. The molecule has 1 fully saturated rings. The zero-order chi connectivity index (χ0) is 19.4. The second kappa shape index (κ2) is 8.48. The van der Waals surface area contributed by atoms with E-state index in [-0.39, 0.29) is 11.6 Å². The number of urea groups is 1. The maximum Gasteiger partial charge on any atom is 0.317 e. The molecule has 2 aromatic carbocycles.